The van der Waals surface area contributed by atoms with E-state index in [0.717, 1.165) is 17.1 Å². The van der Waals surface area contributed by atoms with Crippen molar-refractivity contribution in [3.8, 4) is 17.1 Å². The average molecular weight is 274 g/mol. The number of aromatic nitrogens is 3. The lowest BCUT2D eigenvalue weighted by atomic mass is 10.2. The van der Waals surface area contributed by atoms with E-state index in [1.165, 1.54) is 0 Å². The second-order valence-corrected chi connectivity index (χ2v) is 5.41. The van der Waals surface area contributed by atoms with E-state index in [1.807, 2.05) is 12.1 Å². The van der Waals surface area contributed by atoms with Crippen molar-refractivity contribution >= 4 is 5.82 Å². The third kappa shape index (κ3) is 2.48. The van der Waals surface area contributed by atoms with E-state index in [-0.39, 0.29) is 6.04 Å². The predicted molar refractivity (Wildman–Crippen MR) is 80.9 cm³/mol. The van der Waals surface area contributed by atoms with Gasteiger partial charge in [0.05, 0.1) is 7.11 Å². The van der Waals surface area contributed by atoms with Gasteiger partial charge in [-0.1, -0.05) is 13.8 Å². The van der Waals surface area contributed by atoms with E-state index in [4.69, 9.17) is 15.5 Å². The molecule has 0 fully saturated rings. The van der Waals surface area contributed by atoms with Gasteiger partial charge in [0.2, 0.25) is 5.88 Å². The summed E-state index contributed by atoms with van der Waals surface area (Å²) in [6, 6.07) is 4.03. The average Bonchev–Trinajstić information content (AvgIpc) is 2.77. The summed E-state index contributed by atoms with van der Waals surface area (Å²) < 4.78 is 7.16. The van der Waals surface area contributed by atoms with Crippen molar-refractivity contribution in [2.75, 3.05) is 12.8 Å². The summed E-state index contributed by atoms with van der Waals surface area (Å²) in [7, 11) is 1.60. The molecule has 0 bridgehead atoms. The first-order valence-electron chi connectivity index (χ1n) is 6.83. The van der Waals surface area contributed by atoms with Crippen molar-refractivity contribution in [3.05, 3.63) is 24.2 Å². The lowest BCUT2D eigenvalue weighted by molar-refractivity contribution is 0.398. The number of hydrogen-bond acceptors (Lipinski definition) is 4. The molecular weight excluding hydrogens is 252 g/mol. The maximum absolute atomic E-state index is 6.29. The van der Waals surface area contributed by atoms with Crippen molar-refractivity contribution in [1.29, 1.82) is 0 Å². The summed E-state index contributed by atoms with van der Waals surface area (Å²) in [5, 5.41) is 0. The normalized spacial score (nSPS) is 11.3. The monoisotopic (exact) mass is 274 g/mol. The Morgan fingerprint density at radius 2 is 1.90 bits per heavy atom. The Hall–Kier alpha value is -2.04. The standard InChI is InChI=1S/C15H22N4O/c1-9(2)15-18-13(14(16)19(15)10(3)4)11-6-7-12(20-5)17-8-11/h6-10H,16H2,1-5H3. The van der Waals surface area contributed by atoms with Gasteiger partial charge in [-0.25, -0.2) is 9.97 Å². The zero-order valence-electron chi connectivity index (χ0n) is 12.7. The van der Waals surface area contributed by atoms with Crippen LogP contribution in [0.3, 0.4) is 0 Å². The first-order chi connectivity index (χ1) is 9.45. The minimum absolute atomic E-state index is 0.278. The molecule has 2 N–H and O–H groups in total. The van der Waals surface area contributed by atoms with E-state index in [9.17, 15) is 0 Å². The van der Waals surface area contributed by atoms with E-state index in [0.29, 0.717) is 17.6 Å². The molecule has 0 unspecified atom stereocenters. The van der Waals surface area contributed by atoms with Crippen LogP contribution >= 0.6 is 0 Å². The number of imidazole rings is 1. The maximum atomic E-state index is 6.29. The Kier molecular flexibility index (Phi) is 3.97. The molecule has 2 aromatic heterocycles. The molecule has 0 spiro atoms. The molecule has 0 saturated carbocycles. The zero-order chi connectivity index (χ0) is 14.9. The molecule has 5 heteroatoms. The second-order valence-electron chi connectivity index (χ2n) is 5.41. The Bertz CT molecular complexity index is 585. The molecule has 2 aromatic rings. The summed E-state index contributed by atoms with van der Waals surface area (Å²) in [4.78, 5) is 8.93. The summed E-state index contributed by atoms with van der Waals surface area (Å²) in [6.07, 6.45) is 1.74. The van der Waals surface area contributed by atoms with Gasteiger partial charge in [-0.3, -0.25) is 0 Å². The van der Waals surface area contributed by atoms with Crippen LogP contribution in [0, 0.1) is 0 Å². The van der Waals surface area contributed by atoms with E-state index in [1.54, 1.807) is 13.3 Å². The summed E-state index contributed by atoms with van der Waals surface area (Å²) in [5.41, 5.74) is 7.98. The predicted octanol–water partition coefficient (Wildman–Crippen LogP) is 3.24. The highest BCUT2D eigenvalue weighted by molar-refractivity contribution is 5.70. The Morgan fingerprint density at radius 1 is 1.20 bits per heavy atom. The number of anilines is 1. The quantitative estimate of drug-likeness (QED) is 0.929. The van der Waals surface area contributed by atoms with Gasteiger partial charge >= 0.3 is 0 Å². The van der Waals surface area contributed by atoms with Gasteiger partial charge in [0.1, 0.15) is 17.3 Å². The van der Waals surface area contributed by atoms with Crippen molar-refractivity contribution in [1.82, 2.24) is 14.5 Å². The first kappa shape index (κ1) is 14.4. The molecule has 0 aliphatic heterocycles. The highest BCUT2D eigenvalue weighted by atomic mass is 16.5. The lowest BCUT2D eigenvalue weighted by Gasteiger charge is -2.15. The van der Waals surface area contributed by atoms with Crippen molar-refractivity contribution in [2.24, 2.45) is 0 Å². The van der Waals surface area contributed by atoms with Gasteiger partial charge in [0.25, 0.3) is 0 Å². The minimum Gasteiger partial charge on any atom is -0.481 e. The van der Waals surface area contributed by atoms with Crippen LogP contribution in [0.25, 0.3) is 11.3 Å². The van der Waals surface area contributed by atoms with Crippen LogP contribution in [0.15, 0.2) is 18.3 Å². The molecule has 0 amide bonds. The topological polar surface area (TPSA) is 66.0 Å². The molecule has 0 aromatic carbocycles. The number of nitrogens with two attached hydrogens (primary N) is 1. The third-order valence-electron chi connectivity index (χ3n) is 3.23. The van der Waals surface area contributed by atoms with Crippen molar-refractivity contribution in [3.63, 3.8) is 0 Å². The van der Waals surface area contributed by atoms with Gasteiger partial charge in [0, 0.05) is 29.8 Å². The number of nitrogens with zero attached hydrogens (tertiary/aromatic N) is 3. The molecule has 2 rings (SSSR count). The van der Waals surface area contributed by atoms with Crippen molar-refractivity contribution < 1.29 is 4.74 Å². The second kappa shape index (κ2) is 5.53. The first-order valence-corrected chi connectivity index (χ1v) is 6.83. The van der Waals surface area contributed by atoms with Crippen LogP contribution in [-0.2, 0) is 0 Å². The fourth-order valence-corrected chi connectivity index (χ4v) is 2.27. The van der Waals surface area contributed by atoms with Gasteiger partial charge in [-0.2, -0.15) is 0 Å². The maximum Gasteiger partial charge on any atom is 0.212 e. The Morgan fingerprint density at radius 3 is 2.30 bits per heavy atom. The zero-order valence-corrected chi connectivity index (χ0v) is 12.7. The number of ether oxygens (including phenoxy) is 1. The van der Waals surface area contributed by atoms with Crippen LogP contribution < -0.4 is 10.5 Å². The van der Waals surface area contributed by atoms with E-state index < -0.39 is 0 Å². The number of methoxy groups -OCH3 is 1. The van der Waals surface area contributed by atoms with Gasteiger partial charge in [-0.05, 0) is 19.9 Å². The molecule has 0 radical (unpaired) electrons. The fraction of sp³-hybridized carbons (Fsp3) is 0.467. The molecule has 5 nitrogen and oxygen atoms in total. The molecule has 0 aliphatic carbocycles. The number of pyridine rings is 1. The lowest BCUT2D eigenvalue weighted by Crippen LogP contribution is -2.10. The summed E-state index contributed by atoms with van der Waals surface area (Å²) >= 11 is 0. The molecule has 2 heterocycles. The summed E-state index contributed by atoms with van der Waals surface area (Å²) in [5.74, 6) is 2.60. The van der Waals surface area contributed by atoms with Crippen LogP contribution in [0.2, 0.25) is 0 Å². The van der Waals surface area contributed by atoms with Crippen LogP contribution in [-0.4, -0.2) is 21.6 Å². The molecular formula is C15H22N4O. The highest BCUT2D eigenvalue weighted by Crippen LogP contribution is 2.32. The molecule has 0 atom stereocenters. The van der Waals surface area contributed by atoms with E-state index >= 15 is 0 Å². The fourth-order valence-electron chi connectivity index (χ4n) is 2.27. The SMILES string of the molecule is COc1ccc(-c2nc(C(C)C)n(C(C)C)c2N)cn1. The highest BCUT2D eigenvalue weighted by Gasteiger charge is 2.20. The summed E-state index contributed by atoms with van der Waals surface area (Å²) in [6.45, 7) is 8.47. The molecule has 0 aliphatic rings. The largest absolute Gasteiger partial charge is 0.481 e. The molecule has 0 saturated heterocycles. The third-order valence-corrected chi connectivity index (χ3v) is 3.23. The van der Waals surface area contributed by atoms with Gasteiger partial charge < -0.3 is 15.0 Å². The van der Waals surface area contributed by atoms with Crippen molar-refractivity contribution in [2.45, 2.75) is 39.7 Å². The molecule has 108 valence electrons. The minimum atomic E-state index is 0.278. The van der Waals surface area contributed by atoms with Crippen LogP contribution in [0.4, 0.5) is 5.82 Å². The van der Waals surface area contributed by atoms with E-state index in [2.05, 4.69) is 37.2 Å². The number of rotatable bonds is 4. The Labute approximate surface area is 119 Å². The van der Waals surface area contributed by atoms with Gasteiger partial charge in [0.15, 0.2) is 0 Å². The number of hydrogen-bond donors (Lipinski definition) is 1. The van der Waals surface area contributed by atoms with Crippen LogP contribution in [0.1, 0.15) is 45.5 Å². The molecule has 20 heavy (non-hydrogen) atoms. The number of nitrogen functional groups attached to an aromatic ring is 1. The van der Waals surface area contributed by atoms with Gasteiger partial charge in [-0.15, -0.1) is 0 Å². The Balaban J connectivity index is 2.53. The smallest absolute Gasteiger partial charge is 0.212 e. The van der Waals surface area contributed by atoms with Crippen LogP contribution in [0.5, 0.6) is 5.88 Å².